The Morgan fingerprint density at radius 3 is 1.89 bits per heavy atom. The van der Waals surface area contributed by atoms with Gasteiger partial charge in [-0.15, -0.1) is 0 Å². The first-order chi connectivity index (χ1) is 13.3. The van der Waals surface area contributed by atoms with Gasteiger partial charge in [0, 0.05) is 16.7 Å². The summed E-state index contributed by atoms with van der Waals surface area (Å²) in [5.41, 5.74) is 6.23. The third kappa shape index (κ3) is 4.06. The van der Waals surface area contributed by atoms with E-state index < -0.39 is 0 Å². The third-order valence-electron chi connectivity index (χ3n) is 4.94. The first-order valence-electron chi connectivity index (χ1n) is 9.51. The zero-order valence-electron chi connectivity index (χ0n) is 15.7. The number of aryl methyl sites for hydroxylation is 1. The first kappa shape index (κ1) is 18.8. The summed E-state index contributed by atoms with van der Waals surface area (Å²) < 4.78 is 0. The molecule has 0 aliphatic rings. The van der Waals surface area contributed by atoms with Gasteiger partial charge in [-0.2, -0.15) is 0 Å². The van der Waals surface area contributed by atoms with Crippen molar-refractivity contribution in [1.82, 2.24) is 0 Å². The lowest BCUT2D eigenvalue weighted by Gasteiger charge is -2.16. The molecule has 3 rings (SSSR count). The van der Waals surface area contributed by atoms with Crippen LogP contribution in [0, 0.1) is 0 Å². The lowest BCUT2D eigenvalue weighted by molar-refractivity contribution is 0.112. The van der Waals surface area contributed by atoms with E-state index in [1.807, 2.05) is 24.3 Å². The normalized spacial score (nSPS) is 10.6. The molecule has 0 fully saturated rings. The average Bonchev–Trinajstić information content (AvgIpc) is 2.73. The van der Waals surface area contributed by atoms with Crippen LogP contribution in [0.4, 0.5) is 0 Å². The number of benzene rings is 3. The molecule has 0 spiro atoms. The van der Waals surface area contributed by atoms with E-state index >= 15 is 0 Å². The highest BCUT2D eigenvalue weighted by atomic mass is 16.1. The van der Waals surface area contributed by atoms with Gasteiger partial charge in [0.1, 0.15) is 0 Å². The Balaban J connectivity index is 2.18. The fraction of sp³-hybridized carbons (Fsp3) is 0.200. The summed E-state index contributed by atoms with van der Waals surface area (Å²) in [5, 5.41) is 0. The number of hydrogen-bond acceptors (Lipinski definition) is 2. The lowest BCUT2D eigenvalue weighted by atomic mass is 9.87. The second-order valence-electron chi connectivity index (χ2n) is 6.71. The number of unbranched alkanes of at least 4 members (excludes halogenated alkanes) is 2. The van der Waals surface area contributed by atoms with E-state index in [4.69, 9.17) is 0 Å². The second kappa shape index (κ2) is 9.09. The van der Waals surface area contributed by atoms with Crippen LogP contribution in [-0.4, -0.2) is 12.6 Å². The minimum absolute atomic E-state index is 0.538. The molecule has 0 unspecified atom stereocenters. The molecule has 3 aromatic rings. The van der Waals surface area contributed by atoms with Crippen LogP contribution in [0.1, 0.15) is 52.5 Å². The Kier molecular flexibility index (Phi) is 6.32. The van der Waals surface area contributed by atoms with Crippen LogP contribution in [0.15, 0.2) is 66.7 Å². The standard InChI is InChI=1S/C25H24O2/c1-2-3-4-10-19-11-5-6-14-22(19)23-15-7-8-16-24(23)25-20(17-26)12-9-13-21(25)18-27/h5-9,11-18H,2-4,10H2,1H3. The second-order valence-corrected chi connectivity index (χ2v) is 6.71. The number of rotatable bonds is 8. The quantitative estimate of drug-likeness (QED) is 0.347. The molecule has 0 aromatic heterocycles. The van der Waals surface area contributed by atoms with Crippen molar-refractivity contribution in [3.63, 3.8) is 0 Å². The Morgan fingerprint density at radius 2 is 1.26 bits per heavy atom. The van der Waals surface area contributed by atoms with Gasteiger partial charge >= 0.3 is 0 Å². The van der Waals surface area contributed by atoms with E-state index in [0.717, 1.165) is 36.5 Å². The Hall–Kier alpha value is -3.00. The van der Waals surface area contributed by atoms with E-state index in [0.29, 0.717) is 16.7 Å². The minimum atomic E-state index is 0.538. The highest BCUT2D eigenvalue weighted by Gasteiger charge is 2.16. The van der Waals surface area contributed by atoms with Crippen LogP contribution in [-0.2, 0) is 6.42 Å². The number of carbonyl (C=O) groups excluding carboxylic acids is 2. The summed E-state index contributed by atoms with van der Waals surface area (Å²) in [6.45, 7) is 2.21. The van der Waals surface area contributed by atoms with Crippen LogP contribution in [0.3, 0.4) is 0 Å². The third-order valence-corrected chi connectivity index (χ3v) is 4.94. The maximum Gasteiger partial charge on any atom is 0.150 e. The van der Waals surface area contributed by atoms with E-state index in [2.05, 4.69) is 31.2 Å². The van der Waals surface area contributed by atoms with Crippen molar-refractivity contribution in [2.24, 2.45) is 0 Å². The van der Waals surface area contributed by atoms with Gasteiger partial charge in [0.2, 0.25) is 0 Å². The summed E-state index contributed by atoms with van der Waals surface area (Å²) in [4.78, 5) is 23.3. The zero-order valence-corrected chi connectivity index (χ0v) is 15.7. The summed E-state index contributed by atoms with van der Waals surface area (Å²) in [5.74, 6) is 0. The largest absolute Gasteiger partial charge is 0.298 e. The molecule has 2 nitrogen and oxygen atoms in total. The van der Waals surface area contributed by atoms with Crippen LogP contribution in [0.5, 0.6) is 0 Å². The smallest absolute Gasteiger partial charge is 0.150 e. The molecule has 3 aromatic carbocycles. The average molecular weight is 356 g/mol. The molecule has 0 amide bonds. The fourth-order valence-electron chi connectivity index (χ4n) is 3.60. The molecule has 0 aliphatic carbocycles. The summed E-state index contributed by atoms with van der Waals surface area (Å²) >= 11 is 0. The predicted octanol–water partition coefficient (Wildman–Crippen LogP) is 6.38. The van der Waals surface area contributed by atoms with Gasteiger partial charge in [0.15, 0.2) is 12.6 Å². The number of hydrogen-bond donors (Lipinski definition) is 0. The number of aldehydes is 2. The van der Waals surface area contributed by atoms with Gasteiger partial charge in [-0.05, 0) is 35.1 Å². The lowest BCUT2D eigenvalue weighted by Crippen LogP contribution is -1.97. The Morgan fingerprint density at radius 1 is 0.667 bits per heavy atom. The molecule has 0 saturated heterocycles. The van der Waals surface area contributed by atoms with Crippen molar-refractivity contribution < 1.29 is 9.59 Å². The first-order valence-corrected chi connectivity index (χ1v) is 9.51. The molecule has 2 heteroatoms. The van der Waals surface area contributed by atoms with Crippen molar-refractivity contribution >= 4 is 12.6 Å². The fourth-order valence-corrected chi connectivity index (χ4v) is 3.60. The molecule has 0 aliphatic heterocycles. The molecule has 0 N–H and O–H groups in total. The van der Waals surface area contributed by atoms with Crippen molar-refractivity contribution in [2.45, 2.75) is 32.6 Å². The van der Waals surface area contributed by atoms with Gasteiger partial charge in [-0.3, -0.25) is 9.59 Å². The van der Waals surface area contributed by atoms with Gasteiger partial charge in [0.25, 0.3) is 0 Å². The van der Waals surface area contributed by atoms with Crippen molar-refractivity contribution in [2.75, 3.05) is 0 Å². The molecular formula is C25H24O2. The topological polar surface area (TPSA) is 34.1 Å². The van der Waals surface area contributed by atoms with E-state index in [1.165, 1.54) is 24.0 Å². The SMILES string of the molecule is CCCCCc1ccccc1-c1ccccc1-c1c(C=O)cccc1C=O. The molecule has 0 heterocycles. The summed E-state index contributed by atoms with van der Waals surface area (Å²) in [6, 6.07) is 21.7. The van der Waals surface area contributed by atoms with Crippen LogP contribution in [0.25, 0.3) is 22.3 Å². The maximum absolute atomic E-state index is 11.6. The zero-order chi connectivity index (χ0) is 19.1. The van der Waals surface area contributed by atoms with Crippen molar-refractivity contribution in [3.8, 4) is 22.3 Å². The Labute approximate surface area is 160 Å². The van der Waals surface area contributed by atoms with Crippen LogP contribution in [0.2, 0.25) is 0 Å². The highest BCUT2D eigenvalue weighted by Crippen LogP contribution is 2.37. The van der Waals surface area contributed by atoms with Gasteiger partial charge in [-0.1, -0.05) is 86.5 Å². The van der Waals surface area contributed by atoms with Gasteiger partial charge in [0.05, 0.1) is 0 Å². The molecule has 0 radical (unpaired) electrons. The minimum Gasteiger partial charge on any atom is -0.298 e. The maximum atomic E-state index is 11.6. The molecule has 0 bridgehead atoms. The molecule has 0 saturated carbocycles. The van der Waals surface area contributed by atoms with Crippen molar-refractivity contribution in [1.29, 1.82) is 0 Å². The van der Waals surface area contributed by atoms with Crippen molar-refractivity contribution in [3.05, 3.63) is 83.4 Å². The van der Waals surface area contributed by atoms with Crippen LogP contribution < -0.4 is 0 Å². The predicted molar refractivity (Wildman–Crippen MR) is 111 cm³/mol. The molecular weight excluding hydrogens is 332 g/mol. The molecule has 0 atom stereocenters. The number of carbonyl (C=O) groups is 2. The van der Waals surface area contributed by atoms with E-state index in [9.17, 15) is 9.59 Å². The van der Waals surface area contributed by atoms with Crippen LogP contribution >= 0.6 is 0 Å². The molecule has 136 valence electrons. The van der Waals surface area contributed by atoms with E-state index in [-0.39, 0.29) is 0 Å². The summed E-state index contributed by atoms with van der Waals surface area (Å²) in [6.07, 6.45) is 6.22. The monoisotopic (exact) mass is 356 g/mol. The summed E-state index contributed by atoms with van der Waals surface area (Å²) in [7, 11) is 0. The highest BCUT2D eigenvalue weighted by molar-refractivity contribution is 6.00. The van der Waals surface area contributed by atoms with E-state index in [1.54, 1.807) is 18.2 Å². The Bertz CT molecular complexity index is 914. The van der Waals surface area contributed by atoms with Gasteiger partial charge in [-0.25, -0.2) is 0 Å². The van der Waals surface area contributed by atoms with Gasteiger partial charge < -0.3 is 0 Å². The molecule has 27 heavy (non-hydrogen) atoms.